The Balaban J connectivity index is 2.28. The second-order valence-corrected chi connectivity index (χ2v) is 3.46. The number of fused-ring (bicyclic) bond motifs is 1. The second kappa shape index (κ2) is 3.73. The maximum absolute atomic E-state index is 10.4. The lowest BCUT2D eigenvalue weighted by Gasteiger charge is -1.95. The molecule has 0 bridgehead atoms. The van der Waals surface area contributed by atoms with Crippen LogP contribution in [0.4, 0.5) is 0 Å². The van der Waals surface area contributed by atoms with Crippen LogP contribution in [0.2, 0.25) is 0 Å². The van der Waals surface area contributed by atoms with Gasteiger partial charge in [-0.1, -0.05) is 11.6 Å². The molecular formula is C10H13NO2. The summed E-state index contributed by atoms with van der Waals surface area (Å²) < 4.78 is 5.13. The number of hydrogen-bond acceptors (Lipinski definition) is 3. The van der Waals surface area contributed by atoms with E-state index in [0.29, 0.717) is 6.42 Å². The third-order valence-corrected chi connectivity index (χ3v) is 2.56. The molecule has 0 saturated carbocycles. The highest BCUT2D eigenvalue weighted by Crippen LogP contribution is 2.23. The van der Waals surface area contributed by atoms with E-state index in [1.54, 1.807) is 0 Å². The zero-order valence-electron chi connectivity index (χ0n) is 7.58. The van der Waals surface area contributed by atoms with Crippen molar-refractivity contribution in [3.05, 3.63) is 17.0 Å². The molecule has 70 valence electrons. The molecular weight excluding hydrogens is 166 g/mol. The molecule has 1 aromatic rings. The highest BCUT2D eigenvalue weighted by Gasteiger charge is 2.17. The number of nitrogens with zero attached hydrogens (tertiary/aromatic N) is 1. The van der Waals surface area contributed by atoms with E-state index in [-0.39, 0.29) is 0 Å². The van der Waals surface area contributed by atoms with Gasteiger partial charge in [-0.2, -0.15) is 0 Å². The van der Waals surface area contributed by atoms with Crippen molar-refractivity contribution in [2.24, 2.45) is 0 Å². The molecule has 3 heteroatoms. The number of rotatable bonds is 2. The molecule has 3 nitrogen and oxygen atoms in total. The van der Waals surface area contributed by atoms with Crippen molar-refractivity contribution in [1.29, 1.82) is 0 Å². The Morgan fingerprint density at radius 3 is 3.00 bits per heavy atom. The first kappa shape index (κ1) is 8.48. The Bertz CT molecular complexity index is 304. The van der Waals surface area contributed by atoms with Gasteiger partial charge in [0.05, 0.1) is 12.1 Å². The number of aryl methyl sites for hydroxylation is 1. The summed E-state index contributed by atoms with van der Waals surface area (Å²) in [6.45, 7) is 0. The summed E-state index contributed by atoms with van der Waals surface area (Å²) in [4.78, 5) is 10.4. The lowest BCUT2D eigenvalue weighted by atomic mass is 10.1. The molecule has 1 aromatic heterocycles. The Morgan fingerprint density at radius 2 is 2.15 bits per heavy atom. The summed E-state index contributed by atoms with van der Waals surface area (Å²) in [5.41, 5.74) is 2.28. The number of carbonyl (C=O) groups excluding carboxylic acids is 1. The van der Waals surface area contributed by atoms with Gasteiger partial charge in [0.2, 0.25) is 0 Å². The molecule has 0 aliphatic heterocycles. The molecule has 0 atom stereocenters. The van der Waals surface area contributed by atoms with Crippen LogP contribution in [0.1, 0.15) is 36.3 Å². The van der Waals surface area contributed by atoms with E-state index in [9.17, 15) is 4.79 Å². The highest BCUT2D eigenvalue weighted by molar-refractivity contribution is 5.54. The van der Waals surface area contributed by atoms with E-state index in [0.717, 1.165) is 30.6 Å². The molecule has 0 saturated heterocycles. The van der Waals surface area contributed by atoms with Gasteiger partial charge >= 0.3 is 0 Å². The molecule has 0 unspecified atom stereocenters. The Kier molecular flexibility index (Phi) is 2.43. The van der Waals surface area contributed by atoms with Crippen LogP contribution in [-0.2, 0) is 24.1 Å². The number of carbonyl (C=O) groups is 1. The van der Waals surface area contributed by atoms with Crippen molar-refractivity contribution < 1.29 is 9.32 Å². The van der Waals surface area contributed by atoms with Crippen LogP contribution < -0.4 is 0 Å². The van der Waals surface area contributed by atoms with Gasteiger partial charge in [-0.3, -0.25) is 0 Å². The highest BCUT2D eigenvalue weighted by atomic mass is 16.5. The van der Waals surface area contributed by atoms with Gasteiger partial charge in [-0.05, 0) is 25.7 Å². The summed E-state index contributed by atoms with van der Waals surface area (Å²) in [5, 5.41) is 4.00. The van der Waals surface area contributed by atoms with Crippen LogP contribution >= 0.6 is 0 Å². The third-order valence-electron chi connectivity index (χ3n) is 2.56. The maximum Gasteiger partial charge on any atom is 0.147 e. The Hall–Kier alpha value is -1.12. The zero-order chi connectivity index (χ0) is 9.10. The van der Waals surface area contributed by atoms with Crippen molar-refractivity contribution in [3.8, 4) is 0 Å². The summed E-state index contributed by atoms with van der Waals surface area (Å²) in [6.07, 6.45) is 6.95. The largest absolute Gasteiger partial charge is 0.360 e. The van der Waals surface area contributed by atoms with Crippen molar-refractivity contribution in [1.82, 2.24) is 5.16 Å². The minimum Gasteiger partial charge on any atom is -0.360 e. The fourth-order valence-corrected chi connectivity index (χ4v) is 1.87. The first-order valence-corrected chi connectivity index (χ1v) is 4.81. The number of aromatic nitrogens is 1. The standard InChI is InChI=1S/C10H13NO2/c12-7-6-10-8-4-2-1-3-5-9(8)11-13-10/h7H,1-6H2. The lowest BCUT2D eigenvalue weighted by Crippen LogP contribution is -1.92. The maximum atomic E-state index is 10.4. The minimum absolute atomic E-state index is 0.377. The molecule has 2 rings (SSSR count). The summed E-state index contributed by atoms with van der Waals surface area (Å²) in [7, 11) is 0. The molecule has 0 N–H and O–H groups in total. The quantitative estimate of drug-likeness (QED) is 0.512. The summed E-state index contributed by atoms with van der Waals surface area (Å²) in [6, 6.07) is 0. The van der Waals surface area contributed by atoms with Crippen LogP contribution in [0.5, 0.6) is 0 Å². The topological polar surface area (TPSA) is 43.1 Å². The molecule has 0 spiro atoms. The van der Waals surface area contributed by atoms with Crippen molar-refractivity contribution in [2.75, 3.05) is 0 Å². The van der Waals surface area contributed by atoms with Crippen LogP contribution in [0.15, 0.2) is 4.52 Å². The van der Waals surface area contributed by atoms with Gasteiger partial charge < -0.3 is 9.32 Å². The lowest BCUT2D eigenvalue weighted by molar-refractivity contribution is -0.107. The summed E-state index contributed by atoms with van der Waals surface area (Å²) >= 11 is 0. The average Bonchev–Trinajstić information content (AvgIpc) is 2.38. The normalized spacial score (nSPS) is 16.3. The fraction of sp³-hybridized carbons (Fsp3) is 0.600. The van der Waals surface area contributed by atoms with Gasteiger partial charge in [-0.15, -0.1) is 0 Å². The van der Waals surface area contributed by atoms with Crippen molar-refractivity contribution in [2.45, 2.75) is 38.5 Å². The SMILES string of the molecule is O=CCc1onc2c1CCCCC2. The van der Waals surface area contributed by atoms with E-state index in [1.165, 1.54) is 24.8 Å². The minimum atomic E-state index is 0.377. The van der Waals surface area contributed by atoms with Gasteiger partial charge in [-0.25, -0.2) is 0 Å². The summed E-state index contributed by atoms with van der Waals surface area (Å²) in [5.74, 6) is 0.784. The fourth-order valence-electron chi connectivity index (χ4n) is 1.87. The van der Waals surface area contributed by atoms with Crippen molar-refractivity contribution in [3.63, 3.8) is 0 Å². The monoisotopic (exact) mass is 179 g/mol. The molecule has 0 radical (unpaired) electrons. The van der Waals surface area contributed by atoms with Crippen LogP contribution in [-0.4, -0.2) is 11.4 Å². The van der Waals surface area contributed by atoms with E-state index < -0.39 is 0 Å². The van der Waals surface area contributed by atoms with Crippen LogP contribution in [0, 0.1) is 0 Å². The second-order valence-electron chi connectivity index (χ2n) is 3.46. The third kappa shape index (κ3) is 1.64. The Morgan fingerprint density at radius 1 is 1.31 bits per heavy atom. The molecule has 0 aromatic carbocycles. The number of hydrogen-bond donors (Lipinski definition) is 0. The van der Waals surface area contributed by atoms with E-state index >= 15 is 0 Å². The smallest absolute Gasteiger partial charge is 0.147 e. The molecule has 0 amide bonds. The number of aldehydes is 1. The molecule has 1 aliphatic carbocycles. The van der Waals surface area contributed by atoms with E-state index in [4.69, 9.17) is 4.52 Å². The van der Waals surface area contributed by atoms with Crippen LogP contribution in [0.25, 0.3) is 0 Å². The molecule has 1 heterocycles. The first-order chi connectivity index (χ1) is 6.42. The van der Waals surface area contributed by atoms with Crippen molar-refractivity contribution >= 4 is 6.29 Å². The predicted molar refractivity (Wildman–Crippen MR) is 47.5 cm³/mol. The molecule has 0 fully saturated rings. The van der Waals surface area contributed by atoms with Crippen LogP contribution in [0.3, 0.4) is 0 Å². The molecule has 1 aliphatic rings. The van der Waals surface area contributed by atoms with E-state index in [1.807, 2.05) is 0 Å². The first-order valence-electron chi connectivity index (χ1n) is 4.81. The van der Waals surface area contributed by atoms with E-state index in [2.05, 4.69) is 5.16 Å². The zero-order valence-corrected chi connectivity index (χ0v) is 7.58. The van der Waals surface area contributed by atoms with Gasteiger partial charge in [0.1, 0.15) is 12.0 Å². The predicted octanol–water partition coefficient (Wildman–Crippen LogP) is 1.68. The Labute approximate surface area is 77.1 Å². The average molecular weight is 179 g/mol. The van der Waals surface area contributed by atoms with Gasteiger partial charge in [0.25, 0.3) is 0 Å². The van der Waals surface area contributed by atoms with Gasteiger partial charge in [0, 0.05) is 5.56 Å². The molecule has 13 heavy (non-hydrogen) atoms. The van der Waals surface area contributed by atoms with Gasteiger partial charge in [0.15, 0.2) is 0 Å².